The second-order valence-electron chi connectivity index (χ2n) is 7.85. The first-order valence-corrected chi connectivity index (χ1v) is 12.7. The van der Waals surface area contributed by atoms with Crippen LogP contribution in [0, 0.1) is 6.92 Å². The van der Waals surface area contributed by atoms with Crippen molar-refractivity contribution in [3.05, 3.63) is 82.7 Å². The number of ether oxygens (including phenoxy) is 1. The van der Waals surface area contributed by atoms with Crippen LogP contribution in [-0.2, 0) is 10.5 Å². The number of hydrogen-bond donors (Lipinski definition) is 0. The molecular weight excluding hydrogens is 452 g/mol. The van der Waals surface area contributed by atoms with Crippen molar-refractivity contribution < 1.29 is 9.53 Å². The number of amides is 1. The maximum absolute atomic E-state index is 12.7. The Morgan fingerprint density at radius 1 is 1.06 bits per heavy atom. The van der Waals surface area contributed by atoms with E-state index in [1.165, 1.54) is 5.56 Å². The average Bonchev–Trinajstić information content (AvgIpc) is 3.53. The number of thiophene rings is 1. The molecule has 0 bridgehead atoms. The fourth-order valence-corrected chi connectivity index (χ4v) is 5.38. The molecule has 0 spiro atoms. The maximum Gasteiger partial charge on any atom is 0.254 e. The zero-order valence-electron chi connectivity index (χ0n) is 18.3. The molecule has 1 aliphatic heterocycles. The number of carbonyl (C=O) groups is 1. The molecule has 5 rings (SSSR count). The first-order chi connectivity index (χ1) is 16.2. The molecule has 1 amide bonds. The Morgan fingerprint density at radius 2 is 1.88 bits per heavy atom. The van der Waals surface area contributed by atoms with Gasteiger partial charge in [0.1, 0.15) is 0 Å². The van der Waals surface area contributed by atoms with Crippen molar-refractivity contribution in [3.63, 3.8) is 0 Å². The third-order valence-electron chi connectivity index (χ3n) is 5.50. The molecule has 0 saturated carbocycles. The third kappa shape index (κ3) is 4.88. The number of aromatic nitrogens is 3. The van der Waals surface area contributed by atoms with Gasteiger partial charge in [-0.3, -0.25) is 9.36 Å². The zero-order chi connectivity index (χ0) is 22.6. The van der Waals surface area contributed by atoms with Gasteiger partial charge < -0.3 is 9.64 Å². The normalized spacial score (nSPS) is 13.9. The molecule has 1 aliphatic rings. The SMILES string of the molecule is Cc1cccc(-n2c(SCc3ccc(C(=O)N4CCOCC4)cc3)nnc2-c2cccs2)c1. The number of hydrogen-bond acceptors (Lipinski definition) is 6. The van der Waals surface area contributed by atoms with Gasteiger partial charge in [0, 0.05) is 24.4 Å². The fourth-order valence-electron chi connectivity index (χ4n) is 3.77. The molecule has 8 heteroatoms. The van der Waals surface area contributed by atoms with Crippen molar-refractivity contribution in [2.24, 2.45) is 0 Å². The Morgan fingerprint density at radius 3 is 2.61 bits per heavy atom. The molecule has 6 nitrogen and oxygen atoms in total. The van der Waals surface area contributed by atoms with Crippen LogP contribution in [0.4, 0.5) is 0 Å². The summed E-state index contributed by atoms with van der Waals surface area (Å²) in [5.74, 6) is 1.65. The number of aryl methyl sites for hydroxylation is 1. The minimum atomic E-state index is 0.0669. The van der Waals surface area contributed by atoms with E-state index in [0.717, 1.165) is 32.9 Å². The number of morpholine rings is 1. The van der Waals surface area contributed by atoms with Gasteiger partial charge in [-0.1, -0.05) is 42.1 Å². The van der Waals surface area contributed by atoms with Crippen LogP contribution in [-0.4, -0.2) is 51.9 Å². The zero-order valence-corrected chi connectivity index (χ0v) is 19.9. The largest absolute Gasteiger partial charge is 0.378 e. The molecule has 2 aromatic heterocycles. The van der Waals surface area contributed by atoms with Crippen LogP contribution in [0.3, 0.4) is 0 Å². The highest BCUT2D eigenvalue weighted by atomic mass is 32.2. The summed E-state index contributed by atoms with van der Waals surface area (Å²) >= 11 is 3.30. The molecule has 0 atom stereocenters. The molecule has 1 fully saturated rings. The first kappa shape index (κ1) is 21.9. The van der Waals surface area contributed by atoms with E-state index in [9.17, 15) is 4.79 Å². The van der Waals surface area contributed by atoms with Crippen LogP contribution in [0.2, 0.25) is 0 Å². The second kappa shape index (κ2) is 9.91. The van der Waals surface area contributed by atoms with E-state index in [1.54, 1.807) is 23.1 Å². The van der Waals surface area contributed by atoms with Crippen LogP contribution in [0.15, 0.2) is 71.2 Å². The summed E-state index contributed by atoms with van der Waals surface area (Å²) in [6.07, 6.45) is 0. The molecule has 2 aromatic carbocycles. The lowest BCUT2D eigenvalue weighted by Gasteiger charge is -2.26. The summed E-state index contributed by atoms with van der Waals surface area (Å²) in [6.45, 7) is 4.60. The van der Waals surface area contributed by atoms with E-state index in [0.29, 0.717) is 31.9 Å². The van der Waals surface area contributed by atoms with E-state index < -0.39 is 0 Å². The Balaban J connectivity index is 1.35. The highest BCUT2D eigenvalue weighted by Crippen LogP contribution is 2.32. The van der Waals surface area contributed by atoms with E-state index in [-0.39, 0.29) is 5.91 Å². The van der Waals surface area contributed by atoms with Gasteiger partial charge in [0.15, 0.2) is 11.0 Å². The summed E-state index contributed by atoms with van der Waals surface area (Å²) in [4.78, 5) is 15.6. The van der Waals surface area contributed by atoms with Crippen molar-refractivity contribution in [2.45, 2.75) is 17.8 Å². The van der Waals surface area contributed by atoms with E-state index in [2.05, 4.69) is 57.4 Å². The van der Waals surface area contributed by atoms with Gasteiger partial charge in [-0.2, -0.15) is 0 Å². The molecule has 33 heavy (non-hydrogen) atoms. The monoisotopic (exact) mass is 476 g/mol. The fraction of sp³-hybridized carbons (Fsp3) is 0.240. The summed E-state index contributed by atoms with van der Waals surface area (Å²) in [7, 11) is 0. The lowest BCUT2D eigenvalue weighted by atomic mass is 10.1. The number of carbonyl (C=O) groups excluding carboxylic acids is 1. The number of rotatable bonds is 6. The van der Waals surface area contributed by atoms with Crippen LogP contribution in [0.25, 0.3) is 16.4 Å². The average molecular weight is 477 g/mol. The van der Waals surface area contributed by atoms with Crippen LogP contribution < -0.4 is 0 Å². The van der Waals surface area contributed by atoms with Crippen LogP contribution in [0.5, 0.6) is 0 Å². The quantitative estimate of drug-likeness (QED) is 0.364. The minimum Gasteiger partial charge on any atom is -0.378 e. The predicted octanol–water partition coefficient (Wildman–Crippen LogP) is 5.07. The molecule has 168 valence electrons. The third-order valence-corrected chi connectivity index (χ3v) is 7.37. The molecular formula is C25H24N4O2S2. The van der Waals surface area contributed by atoms with Gasteiger partial charge in [-0.05, 0) is 53.8 Å². The highest BCUT2D eigenvalue weighted by molar-refractivity contribution is 7.98. The molecule has 0 aliphatic carbocycles. The number of nitrogens with zero attached hydrogens (tertiary/aromatic N) is 4. The van der Waals surface area contributed by atoms with E-state index in [1.807, 2.05) is 35.2 Å². The Kier molecular flexibility index (Phi) is 6.57. The minimum absolute atomic E-state index is 0.0669. The Hall–Kier alpha value is -2.94. The van der Waals surface area contributed by atoms with Crippen molar-refractivity contribution >= 4 is 29.0 Å². The molecule has 3 heterocycles. The Labute approximate surface area is 201 Å². The van der Waals surface area contributed by atoms with Crippen LogP contribution >= 0.6 is 23.1 Å². The van der Waals surface area contributed by atoms with Gasteiger partial charge in [-0.15, -0.1) is 21.5 Å². The summed E-state index contributed by atoms with van der Waals surface area (Å²) < 4.78 is 7.47. The van der Waals surface area contributed by atoms with E-state index in [4.69, 9.17) is 4.74 Å². The summed E-state index contributed by atoms with van der Waals surface area (Å²) in [5, 5.41) is 11.9. The van der Waals surface area contributed by atoms with Crippen molar-refractivity contribution in [3.8, 4) is 16.4 Å². The Bertz CT molecular complexity index is 1230. The van der Waals surface area contributed by atoms with Crippen LogP contribution in [0.1, 0.15) is 21.5 Å². The smallest absolute Gasteiger partial charge is 0.254 e. The first-order valence-electron chi connectivity index (χ1n) is 10.8. The van der Waals surface area contributed by atoms with Gasteiger partial charge in [0.2, 0.25) is 0 Å². The lowest BCUT2D eigenvalue weighted by molar-refractivity contribution is 0.0303. The second-order valence-corrected chi connectivity index (χ2v) is 9.74. The topological polar surface area (TPSA) is 60.2 Å². The van der Waals surface area contributed by atoms with Crippen molar-refractivity contribution in [1.29, 1.82) is 0 Å². The number of thioether (sulfide) groups is 1. The number of benzene rings is 2. The molecule has 4 aromatic rings. The lowest BCUT2D eigenvalue weighted by Crippen LogP contribution is -2.40. The van der Waals surface area contributed by atoms with Crippen molar-refractivity contribution in [1.82, 2.24) is 19.7 Å². The summed E-state index contributed by atoms with van der Waals surface area (Å²) in [6, 6.07) is 20.4. The predicted molar refractivity (Wildman–Crippen MR) is 132 cm³/mol. The molecule has 0 radical (unpaired) electrons. The molecule has 0 unspecified atom stereocenters. The van der Waals surface area contributed by atoms with Gasteiger partial charge >= 0.3 is 0 Å². The summed E-state index contributed by atoms with van der Waals surface area (Å²) in [5.41, 5.74) is 4.09. The maximum atomic E-state index is 12.7. The van der Waals surface area contributed by atoms with Gasteiger partial charge in [-0.25, -0.2) is 0 Å². The highest BCUT2D eigenvalue weighted by Gasteiger charge is 2.19. The molecule has 0 N–H and O–H groups in total. The van der Waals surface area contributed by atoms with E-state index >= 15 is 0 Å². The van der Waals surface area contributed by atoms with Crippen molar-refractivity contribution in [2.75, 3.05) is 26.3 Å². The van der Waals surface area contributed by atoms with Gasteiger partial charge in [0.25, 0.3) is 5.91 Å². The van der Waals surface area contributed by atoms with Gasteiger partial charge in [0.05, 0.1) is 23.8 Å². The molecule has 1 saturated heterocycles. The standard InChI is InChI=1S/C25H24N4O2S2/c1-18-4-2-5-21(16-18)29-23(22-6-3-15-32-22)26-27-25(29)33-17-19-7-9-20(10-8-19)24(30)28-11-13-31-14-12-28/h2-10,15-16H,11-14,17H2,1H3.